The summed E-state index contributed by atoms with van der Waals surface area (Å²) in [6.45, 7) is 0. The number of rotatable bonds is 2. The molecule has 0 N–H and O–H groups in total. The topological polar surface area (TPSA) is 9.86 Å². The van der Waals surface area contributed by atoms with Crippen LogP contribution < -0.4 is 0 Å². The first-order chi connectivity index (χ1) is 10.5. The SMILES string of the molecule is Fc1ccc(-n2c(S)c(S)n(-c3ccc(F)cc3)c2=S)cc1. The lowest BCUT2D eigenvalue weighted by molar-refractivity contribution is 0.627. The average Bonchev–Trinajstić information content (AvgIpc) is 2.72. The van der Waals surface area contributed by atoms with E-state index in [1.165, 1.54) is 24.3 Å². The smallest absolute Gasteiger partial charge is 0.190 e. The third-order valence-electron chi connectivity index (χ3n) is 3.18. The Kier molecular flexibility index (Phi) is 4.12. The fourth-order valence-corrected chi connectivity index (χ4v) is 3.28. The highest BCUT2D eigenvalue weighted by Gasteiger charge is 2.15. The first-order valence-electron chi connectivity index (χ1n) is 6.26. The zero-order chi connectivity index (χ0) is 15.9. The summed E-state index contributed by atoms with van der Waals surface area (Å²) < 4.78 is 29.9. The van der Waals surface area contributed by atoms with Crippen molar-refractivity contribution in [3.05, 3.63) is 64.9 Å². The van der Waals surface area contributed by atoms with Gasteiger partial charge in [-0.3, -0.25) is 9.13 Å². The lowest BCUT2D eigenvalue weighted by atomic mass is 10.3. The van der Waals surface area contributed by atoms with Gasteiger partial charge in [0.1, 0.15) is 21.7 Å². The average molecular weight is 352 g/mol. The van der Waals surface area contributed by atoms with E-state index in [-0.39, 0.29) is 11.6 Å². The highest BCUT2D eigenvalue weighted by atomic mass is 32.1. The molecule has 0 radical (unpaired) electrons. The van der Waals surface area contributed by atoms with Gasteiger partial charge >= 0.3 is 0 Å². The van der Waals surface area contributed by atoms with Crippen molar-refractivity contribution in [1.82, 2.24) is 9.13 Å². The Balaban J connectivity index is 2.23. The number of imidazole rings is 1. The second-order valence-electron chi connectivity index (χ2n) is 4.55. The molecule has 0 saturated carbocycles. The summed E-state index contributed by atoms with van der Waals surface area (Å²) in [6.07, 6.45) is 0. The minimum Gasteiger partial charge on any atom is -0.279 e. The van der Waals surface area contributed by atoms with E-state index in [0.717, 1.165) is 0 Å². The predicted molar refractivity (Wildman–Crippen MR) is 90.3 cm³/mol. The molecular formula is C15H10F2N2S3. The maximum absolute atomic E-state index is 13.1. The molecule has 0 aliphatic rings. The van der Waals surface area contributed by atoms with Gasteiger partial charge in [0.05, 0.1) is 0 Å². The van der Waals surface area contributed by atoms with Crippen molar-refractivity contribution >= 4 is 37.5 Å². The van der Waals surface area contributed by atoms with E-state index in [1.54, 1.807) is 33.4 Å². The number of halogens is 2. The van der Waals surface area contributed by atoms with Crippen LogP contribution in [-0.2, 0) is 0 Å². The minimum absolute atomic E-state index is 0.333. The van der Waals surface area contributed by atoms with Crippen molar-refractivity contribution in [2.75, 3.05) is 0 Å². The summed E-state index contributed by atoms with van der Waals surface area (Å²) in [7, 11) is 0. The molecule has 0 saturated heterocycles. The van der Waals surface area contributed by atoms with Gasteiger partial charge in [0, 0.05) is 11.4 Å². The molecule has 0 unspecified atom stereocenters. The number of nitrogens with zero attached hydrogens (tertiary/aromatic N) is 2. The molecule has 3 aromatic rings. The molecule has 22 heavy (non-hydrogen) atoms. The molecule has 0 amide bonds. The molecule has 3 rings (SSSR count). The van der Waals surface area contributed by atoms with Crippen LogP contribution in [0.1, 0.15) is 0 Å². The monoisotopic (exact) mass is 352 g/mol. The molecule has 1 heterocycles. The van der Waals surface area contributed by atoms with Crippen molar-refractivity contribution in [2.45, 2.75) is 10.1 Å². The van der Waals surface area contributed by atoms with E-state index in [1.807, 2.05) is 0 Å². The van der Waals surface area contributed by atoms with Crippen molar-refractivity contribution in [1.29, 1.82) is 0 Å². The van der Waals surface area contributed by atoms with Crippen LogP contribution in [0.2, 0.25) is 0 Å². The van der Waals surface area contributed by atoms with E-state index in [9.17, 15) is 8.78 Å². The van der Waals surface area contributed by atoms with Crippen LogP contribution in [0, 0.1) is 16.4 Å². The summed E-state index contributed by atoms with van der Waals surface area (Å²) in [5, 5.41) is 1.04. The van der Waals surface area contributed by atoms with Gasteiger partial charge in [0.25, 0.3) is 0 Å². The van der Waals surface area contributed by atoms with Crippen LogP contribution in [0.3, 0.4) is 0 Å². The van der Waals surface area contributed by atoms with Crippen LogP contribution >= 0.6 is 37.5 Å². The first-order valence-corrected chi connectivity index (χ1v) is 7.57. The Bertz CT molecular complexity index is 809. The van der Waals surface area contributed by atoms with Crippen molar-refractivity contribution in [3.8, 4) is 11.4 Å². The number of benzene rings is 2. The first kappa shape index (κ1) is 15.3. The van der Waals surface area contributed by atoms with Crippen LogP contribution in [0.15, 0.2) is 58.6 Å². The Morgan fingerprint density at radius 2 is 1.00 bits per heavy atom. The summed E-state index contributed by atoms with van der Waals surface area (Å²) >= 11 is 14.4. The van der Waals surface area contributed by atoms with Gasteiger partial charge < -0.3 is 0 Å². The van der Waals surface area contributed by atoms with Gasteiger partial charge in [-0.05, 0) is 60.7 Å². The Morgan fingerprint density at radius 1 is 0.682 bits per heavy atom. The summed E-state index contributed by atoms with van der Waals surface area (Å²) in [5.74, 6) is -0.667. The molecule has 0 spiro atoms. The van der Waals surface area contributed by atoms with Gasteiger partial charge in [-0.15, -0.1) is 25.3 Å². The molecule has 2 nitrogen and oxygen atoms in total. The van der Waals surface area contributed by atoms with E-state index in [4.69, 9.17) is 12.2 Å². The molecule has 0 aliphatic heterocycles. The Morgan fingerprint density at radius 3 is 1.32 bits per heavy atom. The second-order valence-corrected chi connectivity index (χ2v) is 5.77. The summed E-state index contributed by atoms with van der Waals surface area (Å²) in [4.78, 5) is 0. The van der Waals surface area contributed by atoms with Gasteiger partial charge in [-0.1, -0.05) is 0 Å². The number of hydrogen-bond donors (Lipinski definition) is 2. The van der Waals surface area contributed by atoms with Crippen molar-refractivity contribution in [3.63, 3.8) is 0 Å². The molecular weight excluding hydrogens is 342 g/mol. The Labute approximate surface area is 141 Å². The van der Waals surface area contributed by atoms with E-state index < -0.39 is 0 Å². The van der Waals surface area contributed by atoms with Gasteiger partial charge in [0.2, 0.25) is 0 Å². The maximum Gasteiger partial charge on any atom is 0.190 e. The highest BCUT2D eigenvalue weighted by molar-refractivity contribution is 7.83. The van der Waals surface area contributed by atoms with Crippen LogP contribution in [0.25, 0.3) is 11.4 Å². The molecule has 0 aliphatic carbocycles. The van der Waals surface area contributed by atoms with Crippen molar-refractivity contribution < 1.29 is 8.78 Å². The molecule has 0 fully saturated rings. The third-order valence-corrected chi connectivity index (χ3v) is 4.54. The number of thiol groups is 2. The van der Waals surface area contributed by atoms with Gasteiger partial charge in [0.15, 0.2) is 4.77 Å². The van der Waals surface area contributed by atoms with Crippen LogP contribution in [-0.4, -0.2) is 9.13 Å². The number of aromatic nitrogens is 2. The molecule has 0 atom stereocenters. The highest BCUT2D eigenvalue weighted by Crippen LogP contribution is 2.28. The molecule has 112 valence electrons. The molecule has 1 aromatic heterocycles. The summed E-state index contributed by atoms with van der Waals surface area (Å²) in [5.41, 5.74) is 1.35. The fourth-order valence-electron chi connectivity index (χ4n) is 2.13. The second kappa shape index (κ2) is 5.91. The van der Waals surface area contributed by atoms with Gasteiger partial charge in [-0.25, -0.2) is 8.78 Å². The predicted octanol–water partition coefficient (Wildman–Crippen LogP) is 4.85. The van der Waals surface area contributed by atoms with Crippen LogP contribution in [0.4, 0.5) is 8.78 Å². The number of hydrogen-bond acceptors (Lipinski definition) is 3. The molecule has 0 bridgehead atoms. The van der Waals surface area contributed by atoms with Crippen molar-refractivity contribution in [2.24, 2.45) is 0 Å². The molecule has 7 heteroatoms. The van der Waals surface area contributed by atoms with E-state index >= 15 is 0 Å². The maximum atomic E-state index is 13.1. The van der Waals surface area contributed by atoms with E-state index in [0.29, 0.717) is 26.2 Å². The zero-order valence-electron chi connectivity index (χ0n) is 11.1. The minimum atomic E-state index is -0.333. The molecule has 2 aromatic carbocycles. The quantitative estimate of drug-likeness (QED) is 0.495. The lowest BCUT2D eigenvalue weighted by Crippen LogP contribution is -1.98. The zero-order valence-corrected chi connectivity index (χ0v) is 13.7. The van der Waals surface area contributed by atoms with Crippen LogP contribution in [0.5, 0.6) is 0 Å². The fraction of sp³-hybridized carbons (Fsp3) is 0. The standard InChI is InChI=1S/C15H10F2N2S3/c16-9-1-5-11(6-2-9)18-13(20)14(21)19(15(18)22)12-7-3-10(17)4-8-12/h1-8,20-21H. The van der Waals surface area contributed by atoms with E-state index in [2.05, 4.69) is 25.3 Å². The lowest BCUT2D eigenvalue weighted by Gasteiger charge is -2.05. The Hall–Kier alpha value is -1.57. The largest absolute Gasteiger partial charge is 0.279 e. The van der Waals surface area contributed by atoms with Gasteiger partial charge in [-0.2, -0.15) is 0 Å². The normalized spacial score (nSPS) is 10.9. The summed E-state index contributed by atoms with van der Waals surface area (Å²) in [6, 6.07) is 11.8. The third kappa shape index (κ3) is 2.60.